The second kappa shape index (κ2) is 9.30. The van der Waals surface area contributed by atoms with Crippen molar-refractivity contribution in [1.29, 1.82) is 0 Å². The zero-order valence-electron chi connectivity index (χ0n) is 10.6. The molecule has 0 radical (unpaired) electrons. The summed E-state index contributed by atoms with van der Waals surface area (Å²) < 4.78 is 0. The molecule has 0 fully saturated rings. The van der Waals surface area contributed by atoms with Crippen LogP contribution >= 0.6 is 0 Å². The highest BCUT2D eigenvalue weighted by atomic mass is 14.1. The summed E-state index contributed by atoms with van der Waals surface area (Å²) in [6.07, 6.45) is 12.0. The summed E-state index contributed by atoms with van der Waals surface area (Å²) in [5, 5.41) is 0. The summed E-state index contributed by atoms with van der Waals surface area (Å²) >= 11 is 0. The third kappa shape index (κ3) is 7.17. The second-order valence-corrected chi connectivity index (χ2v) is 4.49. The Kier molecular flexibility index (Phi) is 9.13. The van der Waals surface area contributed by atoms with Gasteiger partial charge in [-0.2, -0.15) is 0 Å². The van der Waals surface area contributed by atoms with E-state index in [9.17, 15) is 0 Å². The van der Waals surface area contributed by atoms with Crippen molar-refractivity contribution in [2.24, 2.45) is 5.92 Å². The molecule has 0 aromatic heterocycles. The molecular weight excluding hydrogens is 168 g/mol. The van der Waals surface area contributed by atoms with Crippen LogP contribution in [0.2, 0.25) is 0 Å². The molecule has 0 saturated heterocycles. The van der Waals surface area contributed by atoms with Crippen LogP contribution < -0.4 is 0 Å². The van der Waals surface area contributed by atoms with Crippen LogP contribution in [-0.2, 0) is 0 Å². The van der Waals surface area contributed by atoms with E-state index in [0.29, 0.717) is 0 Å². The fourth-order valence-corrected chi connectivity index (χ4v) is 1.91. The maximum absolute atomic E-state index is 2.29. The molecule has 0 amide bonds. The molecule has 0 heteroatoms. The number of hydrogen-bond acceptors (Lipinski definition) is 0. The van der Waals surface area contributed by atoms with Crippen molar-refractivity contribution in [3.63, 3.8) is 0 Å². The predicted octanol–water partition coefficient (Wildman–Crippen LogP) is 5.34. The lowest BCUT2D eigenvalue weighted by atomic mass is 9.90. The SMILES string of the molecule is CC=C(C)CC(CCCC)CCCC. The third-order valence-corrected chi connectivity index (χ3v) is 3.04. The molecule has 0 aliphatic rings. The van der Waals surface area contributed by atoms with Gasteiger partial charge in [0.15, 0.2) is 0 Å². The average Bonchev–Trinajstić information content (AvgIpc) is 2.21. The monoisotopic (exact) mass is 196 g/mol. The molecule has 0 spiro atoms. The molecule has 0 bridgehead atoms. The Morgan fingerprint density at radius 2 is 1.57 bits per heavy atom. The smallest absolute Gasteiger partial charge is 0.0295 e. The molecule has 0 unspecified atom stereocenters. The standard InChI is InChI=1S/C14H28/c1-5-8-10-14(11-9-6-2)12-13(4)7-3/h7,14H,5-6,8-12H2,1-4H3. The Hall–Kier alpha value is -0.260. The molecule has 0 aromatic rings. The van der Waals surface area contributed by atoms with Crippen LogP contribution in [0.5, 0.6) is 0 Å². The van der Waals surface area contributed by atoms with Gasteiger partial charge in [0.2, 0.25) is 0 Å². The van der Waals surface area contributed by atoms with Gasteiger partial charge in [-0.1, -0.05) is 64.0 Å². The van der Waals surface area contributed by atoms with E-state index in [2.05, 4.69) is 33.8 Å². The minimum Gasteiger partial charge on any atom is -0.0887 e. The van der Waals surface area contributed by atoms with Gasteiger partial charge in [-0.3, -0.25) is 0 Å². The molecule has 0 aliphatic heterocycles. The molecule has 0 heterocycles. The fraction of sp³-hybridized carbons (Fsp3) is 0.857. The van der Waals surface area contributed by atoms with E-state index in [1.165, 1.54) is 44.9 Å². The molecular formula is C14H28. The van der Waals surface area contributed by atoms with Crippen LogP contribution in [0.15, 0.2) is 11.6 Å². The van der Waals surface area contributed by atoms with E-state index in [1.54, 1.807) is 5.57 Å². The molecule has 0 rings (SSSR count). The fourth-order valence-electron chi connectivity index (χ4n) is 1.91. The van der Waals surface area contributed by atoms with E-state index in [4.69, 9.17) is 0 Å². The van der Waals surface area contributed by atoms with Gasteiger partial charge < -0.3 is 0 Å². The van der Waals surface area contributed by atoms with Gasteiger partial charge in [0.1, 0.15) is 0 Å². The quantitative estimate of drug-likeness (QED) is 0.460. The summed E-state index contributed by atoms with van der Waals surface area (Å²) in [6, 6.07) is 0. The van der Waals surface area contributed by atoms with E-state index in [-0.39, 0.29) is 0 Å². The Morgan fingerprint density at radius 3 is 1.93 bits per heavy atom. The molecule has 0 atom stereocenters. The molecule has 0 nitrogen and oxygen atoms in total. The lowest BCUT2D eigenvalue weighted by Crippen LogP contribution is -2.01. The number of allylic oxidation sites excluding steroid dienone is 2. The van der Waals surface area contributed by atoms with Crippen LogP contribution in [0.1, 0.15) is 72.6 Å². The largest absolute Gasteiger partial charge is 0.0887 e. The van der Waals surface area contributed by atoms with E-state index < -0.39 is 0 Å². The summed E-state index contributed by atoms with van der Waals surface area (Å²) in [6.45, 7) is 9.01. The first-order chi connectivity index (χ1) is 6.74. The first-order valence-electron chi connectivity index (χ1n) is 6.36. The van der Waals surface area contributed by atoms with E-state index in [0.717, 1.165) is 5.92 Å². The Labute approximate surface area is 90.8 Å². The number of unbranched alkanes of at least 4 members (excludes halogenated alkanes) is 2. The lowest BCUT2D eigenvalue weighted by Gasteiger charge is -2.16. The summed E-state index contributed by atoms with van der Waals surface area (Å²) in [4.78, 5) is 0. The van der Waals surface area contributed by atoms with Crippen molar-refractivity contribution in [3.8, 4) is 0 Å². The van der Waals surface area contributed by atoms with E-state index in [1.807, 2.05) is 0 Å². The third-order valence-electron chi connectivity index (χ3n) is 3.04. The molecule has 0 saturated carbocycles. The van der Waals surface area contributed by atoms with Crippen LogP contribution in [0, 0.1) is 5.92 Å². The summed E-state index contributed by atoms with van der Waals surface area (Å²) in [5.74, 6) is 0.950. The van der Waals surface area contributed by atoms with Gasteiger partial charge in [0.05, 0.1) is 0 Å². The van der Waals surface area contributed by atoms with Crippen molar-refractivity contribution in [2.45, 2.75) is 72.6 Å². The Balaban J connectivity index is 3.83. The van der Waals surface area contributed by atoms with Crippen LogP contribution in [0.25, 0.3) is 0 Å². The maximum atomic E-state index is 2.29. The molecule has 84 valence electrons. The highest BCUT2D eigenvalue weighted by Crippen LogP contribution is 2.23. The lowest BCUT2D eigenvalue weighted by molar-refractivity contribution is 0.416. The van der Waals surface area contributed by atoms with Gasteiger partial charge >= 0.3 is 0 Å². The molecule has 0 aliphatic carbocycles. The second-order valence-electron chi connectivity index (χ2n) is 4.49. The van der Waals surface area contributed by atoms with Crippen LogP contribution in [0.3, 0.4) is 0 Å². The predicted molar refractivity (Wildman–Crippen MR) is 66.6 cm³/mol. The van der Waals surface area contributed by atoms with Crippen LogP contribution in [-0.4, -0.2) is 0 Å². The normalized spacial score (nSPS) is 12.5. The van der Waals surface area contributed by atoms with Crippen molar-refractivity contribution in [1.82, 2.24) is 0 Å². The summed E-state index contributed by atoms with van der Waals surface area (Å²) in [7, 11) is 0. The van der Waals surface area contributed by atoms with Gasteiger partial charge in [0, 0.05) is 0 Å². The number of rotatable bonds is 8. The molecule has 0 N–H and O–H groups in total. The van der Waals surface area contributed by atoms with Crippen molar-refractivity contribution in [2.75, 3.05) is 0 Å². The Bertz CT molecular complexity index is 136. The van der Waals surface area contributed by atoms with E-state index >= 15 is 0 Å². The summed E-state index contributed by atoms with van der Waals surface area (Å²) in [5.41, 5.74) is 1.57. The maximum Gasteiger partial charge on any atom is -0.0295 e. The van der Waals surface area contributed by atoms with Gasteiger partial charge in [-0.05, 0) is 26.2 Å². The first kappa shape index (κ1) is 13.7. The number of hydrogen-bond donors (Lipinski definition) is 0. The zero-order valence-corrected chi connectivity index (χ0v) is 10.6. The topological polar surface area (TPSA) is 0 Å². The Morgan fingerprint density at radius 1 is 1.07 bits per heavy atom. The average molecular weight is 196 g/mol. The minimum absolute atomic E-state index is 0.950. The zero-order chi connectivity index (χ0) is 10.8. The van der Waals surface area contributed by atoms with Crippen LogP contribution in [0.4, 0.5) is 0 Å². The highest BCUT2D eigenvalue weighted by molar-refractivity contribution is 4.96. The van der Waals surface area contributed by atoms with Crippen molar-refractivity contribution >= 4 is 0 Å². The highest BCUT2D eigenvalue weighted by Gasteiger charge is 2.07. The van der Waals surface area contributed by atoms with Gasteiger partial charge in [-0.15, -0.1) is 0 Å². The van der Waals surface area contributed by atoms with Crippen molar-refractivity contribution < 1.29 is 0 Å². The van der Waals surface area contributed by atoms with Gasteiger partial charge in [-0.25, -0.2) is 0 Å². The van der Waals surface area contributed by atoms with Crippen molar-refractivity contribution in [3.05, 3.63) is 11.6 Å². The van der Waals surface area contributed by atoms with Gasteiger partial charge in [0.25, 0.3) is 0 Å². The minimum atomic E-state index is 0.950. The first-order valence-corrected chi connectivity index (χ1v) is 6.36. The molecule has 14 heavy (non-hydrogen) atoms. The molecule has 0 aromatic carbocycles.